The topological polar surface area (TPSA) is 50.4 Å². The molecule has 0 fully saturated rings. The van der Waals surface area contributed by atoms with Gasteiger partial charge < -0.3 is 15.4 Å². The molecule has 0 saturated heterocycles. The van der Waals surface area contributed by atoms with Crippen LogP contribution in [0.5, 0.6) is 0 Å². The maximum absolute atomic E-state index is 11.8. The van der Waals surface area contributed by atoms with Gasteiger partial charge in [0.15, 0.2) is 5.11 Å². The van der Waals surface area contributed by atoms with E-state index in [0.717, 1.165) is 10.6 Å². The fourth-order valence-corrected chi connectivity index (χ4v) is 3.51. The van der Waals surface area contributed by atoms with Crippen LogP contribution in [0, 0.1) is 6.92 Å². The lowest BCUT2D eigenvalue weighted by Gasteiger charge is -2.10. The van der Waals surface area contributed by atoms with E-state index in [9.17, 15) is 4.79 Å². The third kappa shape index (κ3) is 4.81. The van der Waals surface area contributed by atoms with Crippen LogP contribution < -0.4 is 10.6 Å². The molecule has 2 N–H and O–H groups in total. The molecule has 0 atom stereocenters. The molecule has 1 aromatic heterocycles. The monoisotopic (exact) mass is 388 g/mol. The first kappa shape index (κ1) is 18.0. The van der Waals surface area contributed by atoms with Crippen LogP contribution in [-0.2, 0) is 4.74 Å². The van der Waals surface area contributed by atoms with E-state index < -0.39 is 0 Å². The second-order valence-electron chi connectivity index (χ2n) is 4.55. The Morgan fingerprint density at radius 3 is 2.70 bits per heavy atom. The van der Waals surface area contributed by atoms with Crippen LogP contribution in [0.15, 0.2) is 24.3 Å². The number of anilines is 2. The summed E-state index contributed by atoms with van der Waals surface area (Å²) in [6, 6.07) is 6.92. The van der Waals surface area contributed by atoms with Gasteiger partial charge >= 0.3 is 5.97 Å². The van der Waals surface area contributed by atoms with Crippen molar-refractivity contribution in [1.82, 2.24) is 0 Å². The van der Waals surface area contributed by atoms with Gasteiger partial charge in [-0.15, -0.1) is 11.3 Å². The van der Waals surface area contributed by atoms with Crippen molar-refractivity contribution in [3.8, 4) is 0 Å². The van der Waals surface area contributed by atoms with Crippen molar-refractivity contribution in [2.24, 2.45) is 0 Å². The number of thiophene rings is 1. The van der Waals surface area contributed by atoms with Crippen molar-refractivity contribution >= 4 is 68.5 Å². The predicted molar refractivity (Wildman–Crippen MR) is 101 cm³/mol. The lowest BCUT2D eigenvalue weighted by molar-refractivity contribution is 0.0531. The number of halogens is 2. The molecule has 2 aromatic rings. The zero-order valence-electron chi connectivity index (χ0n) is 12.4. The Kier molecular flexibility index (Phi) is 6.24. The maximum Gasteiger partial charge on any atom is 0.348 e. The molecule has 0 radical (unpaired) electrons. The molecular weight excluding hydrogens is 375 g/mol. The van der Waals surface area contributed by atoms with Gasteiger partial charge in [0.2, 0.25) is 0 Å². The zero-order chi connectivity index (χ0) is 17.0. The fraction of sp³-hybridized carbons (Fsp3) is 0.200. The molecule has 1 heterocycles. The molecule has 8 heteroatoms. The van der Waals surface area contributed by atoms with E-state index in [2.05, 4.69) is 10.6 Å². The molecule has 0 saturated carbocycles. The molecule has 2 rings (SSSR count). The number of hydrogen-bond acceptors (Lipinski definition) is 4. The summed E-state index contributed by atoms with van der Waals surface area (Å²) in [6.07, 6.45) is 0. The maximum atomic E-state index is 11.8. The second-order valence-corrected chi connectivity index (χ2v) is 6.85. The normalized spacial score (nSPS) is 10.3. The summed E-state index contributed by atoms with van der Waals surface area (Å²) < 4.78 is 5.01. The highest BCUT2D eigenvalue weighted by Crippen LogP contribution is 2.29. The number of hydrogen-bond donors (Lipinski definition) is 2. The first-order valence-corrected chi connectivity index (χ1v) is 8.69. The van der Waals surface area contributed by atoms with Gasteiger partial charge in [-0.1, -0.05) is 23.2 Å². The van der Waals surface area contributed by atoms with Crippen LogP contribution in [0.1, 0.15) is 22.2 Å². The van der Waals surface area contributed by atoms with Crippen molar-refractivity contribution in [1.29, 1.82) is 0 Å². The Labute approximate surface area is 153 Å². The molecule has 0 aliphatic carbocycles. The SMILES string of the molecule is CCOC(=O)c1sc(NC(=S)Nc2ccc(Cl)cc2Cl)cc1C. The quantitative estimate of drug-likeness (QED) is 0.545. The minimum absolute atomic E-state index is 0.331. The third-order valence-corrected chi connectivity index (χ3v) is 4.68. The summed E-state index contributed by atoms with van der Waals surface area (Å²) in [5.41, 5.74) is 1.48. The van der Waals surface area contributed by atoms with Crippen molar-refractivity contribution in [3.63, 3.8) is 0 Å². The molecule has 0 bridgehead atoms. The Morgan fingerprint density at radius 1 is 1.30 bits per heavy atom. The van der Waals surface area contributed by atoms with Crippen molar-refractivity contribution in [2.45, 2.75) is 13.8 Å². The van der Waals surface area contributed by atoms with E-state index in [1.165, 1.54) is 11.3 Å². The van der Waals surface area contributed by atoms with Gasteiger partial charge in [0.1, 0.15) is 4.88 Å². The molecule has 23 heavy (non-hydrogen) atoms. The number of thiocarbonyl (C=S) groups is 1. The van der Waals surface area contributed by atoms with Crippen molar-refractivity contribution in [2.75, 3.05) is 17.2 Å². The first-order valence-electron chi connectivity index (χ1n) is 6.71. The van der Waals surface area contributed by atoms with Crippen LogP contribution in [0.3, 0.4) is 0 Å². The summed E-state index contributed by atoms with van der Waals surface area (Å²) in [5, 5.41) is 8.15. The van der Waals surface area contributed by atoms with E-state index in [1.807, 2.05) is 13.0 Å². The molecule has 0 amide bonds. The summed E-state index contributed by atoms with van der Waals surface area (Å²) in [7, 11) is 0. The number of carbonyl (C=O) groups is 1. The molecule has 4 nitrogen and oxygen atoms in total. The Balaban J connectivity index is 2.06. The summed E-state index contributed by atoms with van der Waals surface area (Å²) in [5.74, 6) is -0.331. The standard InChI is InChI=1S/C15H14Cl2N2O2S2/c1-3-21-14(20)13-8(2)6-12(23-13)19-15(22)18-11-5-4-9(16)7-10(11)17/h4-7H,3H2,1-2H3,(H2,18,19,22). The van der Waals surface area contributed by atoms with E-state index in [-0.39, 0.29) is 5.97 Å². The number of rotatable bonds is 4. The molecule has 0 aliphatic rings. The lowest BCUT2D eigenvalue weighted by Crippen LogP contribution is -2.18. The summed E-state index contributed by atoms with van der Waals surface area (Å²) in [6.45, 7) is 3.96. The van der Waals surface area contributed by atoms with Gasteiger partial charge in [0.05, 0.1) is 22.3 Å². The minimum atomic E-state index is -0.331. The molecular formula is C15H14Cl2N2O2S2. The molecule has 1 aromatic carbocycles. The number of nitrogens with one attached hydrogen (secondary N) is 2. The van der Waals surface area contributed by atoms with Crippen LogP contribution in [0.4, 0.5) is 10.7 Å². The number of carbonyl (C=O) groups excluding carboxylic acids is 1. The molecule has 0 spiro atoms. The first-order chi connectivity index (χ1) is 10.9. The average Bonchev–Trinajstić information content (AvgIpc) is 2.83. The van der Waals surface area contributed by atoms with Crippen LogP contribution in [0.2, 0.25) is 10.0 Å². The van der Waals surface area contributed by atoms with Gasteiger partial charge in [-0.25, -0.2) is 4.79 Å². The van der Waals surface area contributed by atoms with E-state index >= 15 is 0 Å². The smallest absolute Gasteiger partial charge is 0.348 e. The van der Waals surface area contributed by atoms with Crippen molar-refractivity contribution in [3.05, 3.63) is 44.8 Å². The van der Waals surface area contributed by atoms with Gasteiger partial charge in [-0.05, 0) is 55.9 Å². The van der Waals surface area contributed by atoms with Crippen molar-refractivity contribution < 1.29 is 9.53 Å². The average molecular weight is 389 g/mol. The number of ether oxygens (including phenoxy) is 1. The molecule has 0 unspecified atom stereocenters. The van der Waals surface area contributed by atoms with Gasteiger partial charge in [-0.3, -0.25) is 0 Å². The Morgan fingerprint density at radius 2 is 2.04 bits per heavy atom. The van der Waals surface area contributed by atoms with E-state index in [4.69, 9.17) is 40.2 Å². The van der Waals surface area contributed by atoms with E-state index in [1.54, 1.807) is 25.1 Å². The predicted octanol–water partition coefficient (Wildman–Crippen LogP) is 5.35. The number of benzene rings is 1. The second kappa shape index (κ2) is 7.97. The Bertz CT molecular complexity index is 747. The van der Waals surface area contributed by atoms with Gasteiger partial charge in [-0.2, -0.15) is 0 Å². The summed E-state index contributed by atoms with van der Waals surface area (Å²) in [4.78, 5) is 12.4. The highest BCUT2D eigenvalue weighted by molar-refractivity contribution is 7.80. The van der Waals surface area contributed by atoms with Crippen LogP contribution in [-0.4, -0.2) is 17.7 Å². The zero-order valence-corrected chi connectivity index (χ0v) is 15.6. The van der Waals surface area contributed by atoms with Crippen LogP contribution in [0.25, 0.3) is 0 Å². The van der Waals surface area contributed by atoms with E-state index in [0.29, 0.717) is 32.3 Å². The van der Waals surface area contributed by atoms with Gasteiger partial charge in [0, 0.05) is 5.02 Å². The molecule has 122 valence electrons. The van der Waals surface area contributed by atoms with Gasteiger partial charge in [0.25, 0.3) is 0 Å². The van der Waals surface area contributed by atoms with Crippen LogP contribution >= 0.6 is 46.8 Å². The summed E-state index contributed by atoms with van der Waals surface area (Å²) >= 11 is 18.5. The third-order valence-electron chi connectivity index (χ3n) is 2.79. The Hall–Kier alpha value is -1.34. The highest BCUT2D eigenvalue weighted by atomic mass is 35.5. The lowest BCUT2D eigenvalue weighted by atomic mass is 10.3. The minimum Gasteiger partial charge on any atom is -0.462 e. The number of esters is 1. The molecule has 0 aliphatic heterocycles. The fourth-order valence-electron chi connectivity index (χ4n) is 1.80. The highest BCUT2D eigenvalue weighted by Gasteiger charge is 2.15. The largest absolute Gasteiger partial charge is 0.462 e. The number of aryl methyl sites for hydroxylation is 1.